The van der Waals surface area contributed by atoms with Gasteiger partial charge in [-0.05, 0) is 76.1 Å². The Kier molecular flexibility index (Phi) is 6.34. The predicted octanol–water partition coefficient (Wildman–Crippen LogP) is 4.59. The Hall–Kier alpha value is -2.51. The molecule has 2 atom stereocenters. The molecule has 3 aromatic rings. The molecule has 4 heterocycles. The highest BCUT2D eigenvalue weighted by Crippen LogP contribution is 2.38. The number of fused-ring (bicyclic) bond motifs is 1. The van der Waals surface area contributed by atoms with E-state index in [-0.39, 0.29) is 0 Å². The number of anilines is 1. The molecule has 176 valence electrons. The molecule has 7 nitrogen and oxygen atoms in total. The largest absolute Gasteiger partial charge is 0.381 e. The highest BCUT2D eigenvalue weighted by molar-refractivity contribution is 5.92. The molecule has 1 N–H and O–H groups in total. The van der Waals surface area contributed by atoms with Crippen LogP contribution in [0.1, 0.15) is 56.5 Å². The van der Waals surface area contributed by atoms with Crippen LogP contribution < -0.4 is 10.2 Å². The van der Waals surface area contributed by atoms with Crippen LogP contribution in [0.15, 0.2) is 22.7 Å². The number of piperidine rings is 1. The monoisotopic (exact) mass is 449 g/mol. The van der Waals surface area contributed by atoms with E-state index in [9.17, 15) is 0 Å². The molecule has 1 aromatic carbocycles. The lowest BCUT2D eigenvalue weighted by molar-refractivity contribution is 0.0733. The number of aryl methyl sites for hydroxylation is 3. The van der Waals surface area contributed by atoms with Crippen molar-refractivity contribution in [3.8, 4) is 11.5 Å². The molecule has 33 heavy (non-hydrogen) atoms. The Balaban J connectivity index is 1.49. The fourth-order valence-electron chi connectivity index (χ4n) is 5.37. The smallest absolute Gasteiger partial charge is 0.261 e. The lowest BCUT2D eigenvalue weighted by atomic mass is 9.94. The van der Waals surface area contributed by atoms with Crippen LogP contribution in [-0.4, -0.2) is 53.0 Å². The molecular formula is C26H35N5O2. The molecule has 2 fully saturated rings. The number of hydrogen-bond donors (Lipinski definition) is 1. The van der Waals surface area contributed by atoms with Gasteiger partial charge in [-0.1, -0.05) is 18.1 Å². The zero-order valence-electron chi connectivity index (χ0n) is 20.2. The van der Waals surface area contributed by atoms with E-state index in [4.69, 9.17) is 14.2 Å². The van der Waals surface area contributed by atoms with E-state index in [2.05, 4.69) is 59.3 Å². The van der Waals surface area contributed by atoms with Crippen LogP contribution in [0.25, 0.3) is 22.4 Å². The van der Waals surface area contributed by atoms with Crippen molar-refractivity contribution in [2.24, 2.45) is 0 Å². The Morgan fingerprint density at radius 2 is 1.91 bits per heavy atom. The number of benzene rings is 1. The number of nitrogens with one attached hydrogen (secondary N) is 1. The minimum absolute atomic E-state index is 0.359. The van der Waals surface area contributed by atoms with Gasteiger partial charge in [0.2, 0.25) is 0 Å². The highest BCUT2D eigenvalue weighted by Gasteiger charge is 2.32. The summed E-state index contributed by atoms with van der Waals surface area (Å²) in [6.45, 7) is 11.2. The van der Waals surface area contributed by atoms with Crippen LogP contribution in [0.3, 0.4) is 0 Å². The molecule has 0 amide bonds. The number of rotatable bonds is 5. The van der Waals surface area contributed by atoms with Crippen LogP contribution in [0, 0.1) is 13.8 Å². The van der Waals surface area contributed by atoms with Gasteiger partial charge in [0.25, 0.3) is 5.89 Å². The third-order valence-corrected chi connectivity index (χ3v) is 7.28. The van der Waals surface area contributed by atoms with Gasteiger partial charge in [-0.15, -0.1) is 0 Å². The Morgan fingerprint density at radius 1 is 1.09 bits per heavy atom. The Morgan fingerprint density at radius 3 is 2.61 bits per heavy atom. The first-order valence-corrected chi connectivity index (χ1v) is 12.4. The van der Waals surface area contributed by atoms with Crippen LogP contribution in [0.5, 0.6) is 0 Å². The summed E-state index contributed by atoms with van der Waals surface area (Å²) in [6, 6.07) is 8.05. The van der Waals surface area contributed by atoms with E-state index < -0.39 is 0 Å². The first-order chi connectivity index (χ1) is 16.0. The quantitative estimate of drug-likeness (QED) is 0.610. The fourth-order valence-corrected chi connectivity index (χ4v) is 5.37. The Bertz CT molecular complexity index is 1120. The summed E-state index contributed by atoms with van der Waals surface area (Å²) >= 11 is 0. The summed E-state index contributed by atoms with van der Waals surface area (Å²) < 4.78 is 11.2. The van der Waals surface area contributed by atoms with Gasteiger partial charge in [0.05, 0.1) is 11.1 Å². The van der Waals surface area contributed by atoms with Crippen molar-refractivity contribution in [1.29, 1.82) is 0 Å². The molecule has 2 saturated heterocycles. The standard InChI is InChI=1S/C26H35N5O2/c1-5-19-6-7-23-22(15-19)17(3)24(26-27-18(4)30-33-26)25(29-23)31-11-8-21(14-16(31)2)28-20-9-12-32-13-10-20/h6-7,15-16,20-21,28H,5,8-14H2,1-4H3/t16?,21-/m1/s1. The normalized spacial score (nSPS) is 22.2. The molecular weight excluding hydrogens is 414 g/mol. The van der Waals surface area contributed by atoms with Gasteiger partial charge in [-0.25, -0.2) is 4.98 Å². The van der Waals surface area contributed by atoms with E-state index in [1.807, 2.05) is 6.92 Å². The van der Waals surface area contributed by atoms with Crippen LogP contribution >= 0.6 is 0 Å². The molecule has 0 radical (unpaired) electrons. The van der Waals surface area contributed by atoms with Crippen LogP contribution in [-0.2, 0) is 11.2 Å². The SMILES string of the molecule is CCc1ccc2nc(N3CC[C@@H](NC4CCOCC4)CC3C)c(-c3nc(C)no3)c(C)c2c1. The molecule has 0 bridgehead atoms. The number of nitrogens with zero attached hydrogens (tertiary/aromatic N) is 4. The van der Waals surface area contributed by atoms with Crippen molar-refractivity contribution in [3.63, 3.8) is 0 Å². The molecule has 1 unspecified atom stereocenters. The molecule has 2 aliphatic heterocycles. The molecule has 2 aromatic heterocycles. The van der Waals surface area contributed by atoms with E-state index in [0.717, 1.165) is 79.7 Å². The zero-order chi connectivity index (χ0) is 22.9. The second-order valence-electron chi connectivity index (χ2n) is 9.60. The van der Waals surface area contributed by atoms with Crippen molar-refractivity contribution in [2.45, 2.75) is 77.9 Å². The third-order valence-electron chi connectivity index (χ3n) is 7.28. The minimum Gasteiger partial charge on any atom is -0.381 e. The fraction of sp³-hybridized carbons (Fsp3) is 0.577. The summed E-state index contributed by atoms with van der Waals surface area (Å²) in [6.07, 6.45) is 5.41. The molecule has 0 aliphatic carbocycles. The van der Waals surface area contributed by atoms with Gasteiger partial charge >= 0.3 is 0 Å². The van der Waals surface area contributed by atoms with Crippen LogP contribution in [0.2, 0.25) is 0 Å². The van der Waals surface area contributed by atoms with E-state index in [1.165, 1.54) is 5.56 Å². The van der Waals surface area contributed by atoms with Crippen LogP contribution in [0.4, 0.5) is 5.82 Å². The van der Waals surface area contributed by atoms with Crippen molar-refractivity contribution in [2.75, 3.05) is 24.7 Å². The second kappa shape index (κ2) is 9.39. The maximum Gasteiger partial charge on any atom is 0.261 e. The average molecular weight is 450 g/mol. The van der Waals surface area contributed by atoms with E-state index in [1.54, 1.807) is 0 Å². The first-order valence-electron chi connectivity index (χ1n) is 12.4. The lowest BCUT2D eigenvalue weighted by Gasteiger charge is -2.41. The highest BCUT2D eigenvalue weighted by atomic mass is 16.5. The van der Waals surface area contributed by atoms with Gasteiger partial charge in [-0.3, -0.25) is 0 Å². The maximum atomic E-state index is 5.67. The second-order valence-corrected chi connectivity index (χ2v) is 9.60. The van der Waals surface area contributed by atoms with E-state index >= 15 is 0 Å². The van der Waals surface area contributed by atoms with Gasteiger partial charge in [0.1, 0.15) is 5.82 Å². The van der Waals surface area contributed by atoms with Crippen molar-refractivity contribution in [1.82, 2.24) is 20.4 Å². The number of pyridine rings is 1. The van der Waals surface area contributed by atoms with Crippen molar-refractivity contribution >= 4 is 16.7 Å². The molecule has 2 aliphatic rings. The van der Waals surface area contributed by atoms with E-state index in [0.29, 0.717) is 29.8 Å². The summed E-state index contributed by atoms with van der Waals surface area (Å²) in [4.78, 5) is 12.2. The molecule has 5 rings (SSSR count). The van der Waals surface area contributed by atoms with Gasteiger partial charge in [0, 0.05) is 43.3 Å². The van der Waals surface area contributed by atoms with Gasteiger partial charge in [-0.2, -0.15) is 4.98 Å². The molecule has 7 heteroatoms. The first kappa shape index (κ1) is 22.3. The van der Waals surface area contributed by atoms with Gasteiger partial charge in [0.15, 0.2) is 5.82 Å². The van der Waals surface area contributed by atoms with Gasteiger partial charge < -0.3 is 19.5 Å². The molecule has 0 saturated carbocycles. The van der Waals surface area contributed by atoms with Crippen molar-refractivity contribution < 1.29 is 9.26 Å². The average Bonchev–Trinajstić information content (AvgIpc) is 3.25. The summed E-state index contributed by atoms with van der Waals surface area (Å²) in [5.41, 5.74) is 4.46. The number of ether oxygens (including phenoxy) is 1. The van der Waals surface area contributed by atoms with Crippen molar-refractivity contribution in [3.05, 3.63) is 35.2 Å². The third kappa shape index (κ3) is 4.49. The maximum absolute atomic E-state index is 5.67. The summed E-state index contributed by atoms with van der Waals surface area (Å²) in [5, 5.41) is 9.13. The Labute approximate surface area is 195 Å². The summed E-state index contributed by atoms with van der Waals surface area (Å²) in [5.74, 6) is 2.17. The lowest BCUT2D eigenvalue weighted by Crippen LogP contribution is -2.51. The predicted molar refractivity (Wildman–Crippen MR) is 131 cm³/mol. The minimum atomic E-state index is 0.359. The topological polar surface area (TPSA) is 76.3 Å². The zero-order valence-corrected chi connectivity index (χ0v) is 20.2. The number of aromatic nitrogens is 3. The molecule has 0 spiro atoms. The number of hydrogen-bond acceptors (Lipinski definition) is 7. The summed E-state index contributed by atoms with van der Waals surface area (Å²) in [7, 11) is 0.